The first-order chi connectivity index (χ1) is 32.0. The van der Waals surface area contributed by atoms with Crippen LogP contribution in [-0.2, 0) is 0 Å². The molecule has 0 saturated carbocycles. The van der Waals surface area contributed by atoms with Crippen molar-refractivity contribution in [3.05, 3.63) is 204 Å². The van der Waals surface area contributed by atoms with Gasteiger partial charge in [-0.3, -0.25) is 0 Å². The van der Waals surface area contributed by atoms with Gasteiger partial charge < -0.3 is 4.57 Å². The molecule has 0 spiro atoms. The van der Waals surface area contributed by atoms with Crippen molar-refractivity contribution in [2.24, 2.45) is 0 Å². The largest absolute Gasteiger partial charge is 0.308 e. The highest BCUT2D eigenvalue weighted by Crippen LogP contribution is 2.45. The fourth-order valence-corrected chi connectivity index (χ4v) is 8.39. The fraction of sp³-hybridized carbons (Fsp3) is 0. The molecular weight excluding hydrogens is 799 g/mol. The lowest BCUT2D eigenvalue weighted by Crippen LogP contribution is -2.04. The minimum Gasteiger partial charge on any atom is -0.308 e. The van der Waals surface area contributed by atoms with Crippen LogP contribution in [0.15, 0.2) is 176 Å². The first-order valence-electron chi connectivity index (χ1n) is 20.5. The number of hydrogen-bond donors (Lipinski definition) is 0. The van der Waals surface area contributed by atoms with Gasteiger partial charge in [-0.15, -0.1) is 0 Å². The fourth-order valence-electron chi connectivity index (χ4n) is 8.39. The summed E-state index contributed by atoms with van der Waals surface area (Å²) < 4.78 is 2.21. The molecule has 0 aliphatic carbocycles. The molecule has 0 amide bonds. The van der Waals surface area contributed by atoms with Gasteiger partial charge in [-0.25, -0.2) is 15.0 Å². The molecule has 65 heavy (non-hydrogen) atoms. The van der Waals surface area contributed by atoms with Gasteiger partial charge in [0.2, 0.25) is 0 Å². The second-order valence-electron chi connectivity index (χ2n) is 15.2. The van der Waals surface area contributed by atoms with E-state index in [-0.39, 0.29) is 16.7 Å². The molecule has 10 aromatic rings. The van der Waals surface area contributed by atoms with Crippen LogP contribution in [0.1, 0.15) is 27.8 Å². The predicted octanol–water partition coefficient (Wildman–Crippen LogP) is 12.3. The van der Waals surface area contributed by atoms with Gasteiger partial charge in [0.25, 0.3) is 0 Å². The Balaban J connectivity index is 1.31. The maximum absolute atomic E-state index is 10.2. The van der Waals surface area contributed by atoms with Gasteiger partial charge in [-0.2, -0.15) is 26.3 Å². The molecule has 0 radical (unpaired) electrons. The monoisotopic (exact) mass is 827 g/mol. The highest BCUT2D eigenvalue weighted by atomic mass is 15.0. The highest BCUT2D eigenvalue weighted by Gasteiger charge is 2.24. The molecule has 0 saturated heterocycles. The van der Waals surface area contributed by atoms with Crippen molar-refractivity contribution in [2.75, 3.05) is 0 Å². The van der Waals surface area contributed by atoms with Crippen LogP contribution in [0, 0.1) is 56.7 Å². The Morgan fingerprint density at radius 1 is 0.338 bits per heavy atom. The summed E-state index contributed by atoms with van der Waals surface area (Å²) in [6.45, 7) is 0. The molecule has 10 rings (SSSR count). The normalized spacial score (nSPS) is 10.7. The van der Waals surface area contributed by atoms with Crippen molar-refractivity contribution in [3.8, 4) is 104 Å². The average molecular weight is 828 g/mol. The average Bonchev–Trinajstić information content (AvgIpc) is 3.71. The van der Waals surface area contributed by atoms with Gasteiger partial charge in [-0.05, 0) is 83.4 Å². The summed E-state index contributed by atoms with van der Waals surface area (Å²) in [4.78, 5) is 15.2. The topological polar surface area (TPSA) is 163 Å². The minimum absolute atomic E-state index is 0.231. The molecule has 0 unspecified atom stereocenters. The van der Waals surface area contributed by atoms with Crippen LogP contribution in [0.3, 0.4) is 0 Å². The van der Waals surface area contributed by atoms with Crippen molar-refractivity contribution in [3.63, 3.8) is 0 Å². The first-order valence-corrected chi connectivity index (χ1v) is 20.5. The van der Waals surface area contributed by atoms with E-state index < -0.39 is 0 Å². The van der Waals surface area contributed by atoms with Crippen LogP contribution >= 0.6 is 0 Å². The van der Waals surface area contributed by atoms with E-state index in [1.54, 1.807) is 24.3 Å². The quantitative estimate of drug-likeness (QED) is 0.153. The van der Waals surface area contributed by atoms with Crippen molar-refractivity contribution in [1.82, 2.24) is 19.5 Å². The van der Waals surface area contributed by atoms with Crippen LogP contribution in [0.25, 0.3) is 95.0 Å². The van der Waals surface area contributed by atoms with Gasteiger partial charge in [0.1, 0.15) is 0 Å². The summed E-state index contributed by atoms with van der Waals surface area (Å²) in [5.74, 6) is 1.47. The Morgan fingerprint density at radius 3 is 1.28 bits per heavy atom. The lowest BCUT2D eigenvalue weighted by molar-refractivity contribution is 1.07. The molecule has 9 nitrogen and oxygen atoms in total. The van der Waals surface area contributed by atoms with E-state index in [1.807, 2.05) is 121 Å². The third kappa shape index (κ3) is 7.05. The Labute approximate surface area is 373 Å². The molecule has 0 aliphatic heterocycles. The van der Waals surface area contributed by atoms with Gasteiger partial charge in [0.15, 0.2) is 17.5 Å². The third-order valence-electron chi connectivity index (χ3n) is 11.4. The van der Waals surface area contributed by atoms with Crippen molar-refractivity contribution < 1.29 is 0 Å². The second-order valence-corrected chi connectivity index (χ2v) is 15.2. The molecule has 0 atom stereocenters. The van der Waals surface area contributed by atoms with Crippen molar-refractivity contribution >= 4 is 21.8 Å². The summed E-state index contributed by atoms with van der Waals surface area (Å²) in [5.41, 5.74) is 11.0. The number of para-hydroxylation sites is 1. The Morgan fingerprint density at radius 2 is 0.785 bits per heavy atom. The summed E-state index contributed by atoms with van der Waals surface area (Å²) in [5, 5.41) is 51.6. The number of nitriles is 5. The Kier molecular flexibility index (Phi) is 9.93. The number of fused-ring (bicyclic) bond motifs is 3. The lowest BCUT2D eigenvalue weighted by Gasteiger charge is -2.21. The minimum atomic E-state index is 0.231. The van der Waals surface area contributed by atoms with Crippen LogP contribution in [0.5, 0.6) is 0 Å². The zero-order valence-electron chi connectivity index (χ0n) is 34.3. The molecular formula is C56H29N9. The van der Waals surface area contributed by atoms with E-state index in [0.29, 0.717) is 45.3 Å². The highest BCUT2D eigenvalue weighted by molar-refractivity contribution is 6.12. The summed E-state index contributed by atoms with van der Waals surface area (Å²) in [6, 6.07) is 66.6. The molecule has 9 heteroatoms. The molecule has 8 aromatic carbocycles. The Hall–Kier alpha value is -9.98. The van der Waals surface area contributed by atoms with Crippen LogP contribution in [0.2, 0.25) is 0 Å². The number of nitrogens with zero attached hydrogens (tertiary/aromatic N) is 9. The van der Waals surface area contributed by atoms with E-state index >= 15 is 0 Å². The Bertz CT molecular complexity index is 3570. The standard InChI is InChI=1S/C56H29N9/c57-30-35-15-19-38(20-16-35)47-28-43(56-63-54(40-9-3-1-4-10-40)62-55(64-56)41-11-5-2-6-12-41)29-48(39-21-17-36(31-58)18-22-39)53(47)65-50-14-8-7-13-46(50)49-27-42(23-24-51(49)65)52-44(33-60)25-37(32-59)26-45(52)34-61/h1-29H. The number of rotatable bonds is 7. The molecule has 0 fully saturated rings. The maximum atomic E-state index is 10.2. The van der Waals surface area contributed by atoms with Crippen LogP contribution in [0.4, 0.5) is 0 Å². The molecule has 2 aromatic heterocycles. The molecule has 298 valence electrons. The zero-order valence-corrected chi connectivity index (χ0v) is 34.3. The second kappa shape index (κ2) is 16.5. The van der Waals surface area contributed by atoms with E-state index in [2.05, 4.69) is 53.1 Å². The van der Waals surface area contributed by atoms with Crippen molar-refractivity contribution in [2.45, 2.75) is 0 Å². The smallest absolute Gasteiger partial charge is 0.164 e. The van der Waals surface area contributed by atoms with E-state index in [0.717, 1.165) is 60.9 Å². The maximum Gasteiger partial charge on any atom is 0.164 e. The molecule has 2 heterocycles. The van der Waals surface area contributed by atoms with Crippen LogP contribution in [-0.4, -0.2) is 19.5 Å². The number of benzene rings is 8. The first kappa shape index (κ1) is 39.2. The van der Waals surface area contributed by atoms with Gasteiger partial charge in [0.05, 0.1) is 74.9 Å². The number of aromatic nitrogens is 4. The summed E-state index contributed by atoms with van der Waals surface area (Å²) in [6.07, 6.45) is 0. The third-order valence-corrected chi connectivity index (χ3v) is 11.4. The van der Waals surface area contributed by atoms with E-state index in [1.165, 1.54) is 12.1 Å². The number of hydrogen-bond acceptors (Lipinski definition) is 8. The molecule has 0 N–H and O–H groups in total. The lowest BCUT2D eigenvalue weighted by atomic mass is 9.91. The van der Waals surface area contributed by atoms with Crippen molar-refractivity contribution in [1.29, 1.82) is 26.3 Å². The molecule has 0 aliphatic rings. The predicted molar refractivity (Wildman–Crippen MR) is 250 cm³/mol. The molecule has 0 bridgehead atoms. The summed E-state index contributed by atoms with van der Waals surface area (Å²) in [7, 11) is 0. The van der Waals surface area contributed by atoms with Gasteiger partial charge >= 0.3 is 0 Å². The van der Waals surface area contributed by atoms with E-state index in [4.69, 9.17) is 15.0 Å². The zero-order chi connectivity index (χ0) is 44.4. The van der Waals surface area contributed by atoms with Gasteiger partial charge in [-0.1, -0.05) is 109 Å². The van der Waals surface area contributed by atoms with E-state index in [9.17, 15) is 26.3 Å². The summed E-state index contributed by atoms with van der Waals surface area (Å²) >= 11 is 0. The van der Waals surface area contributed by atoms with Crippen LogP contribution < -0.4 is 0 Å². The van der Waals surface area contributed by atoms with Gasteiger partial charge in [0, 0.05) is 44.2 Å². The SMILES string of the molecule is N#Cc1ccc(-c2cc(-c3nc(-c4ccccc4)nc(-c4ccccc4)n3)cc(-c3ccc(C#N)cc3)c2-n2c3ccccc3c3cc(-c4c(C#N)cc(C#N)cc4C#N)ccc32)cc1.